The van der Waals surface area contributed by atoms with Crippen LogP contribution in [0, 0.1) is 6.92 Å². The Hall–Kier alpha value is -2.31. The van der Waals surface area contributed by atoms with Crippen LogP contribution in [0.25, 0.3) is 11.0 Å². The van der Waals surface area contributed by atoms with Gasteiger partial charge in [0.1, 0.15) is 5.75 Å². The Kier molecular flexibility index (Phi) is 5.40. The summed E-state index contributed by atoms with van der Waals surface area (Å²) >= 11 is 7.60. The van der Waals surface area contributed by atoms with Crippen molar-refractivity contribution >= 4 is 39.9 Å². The molecule has 1 N–H and O–H groups in total. The van der Waals surface area contributed by atoms with Crippen molar-refractivity contribution in [2.45, 2.75) is 13.3 Å². The van der Waals surface area contributed by atoms with E-state index in [-0.39, 0.29) is 5.91 Å². The summed E-state index contributed by atoms with van der Waals surface area (Å²) in [6, 6.07) is 6.02. The second kappa shape index (κ2) is 7.72. The molecule has 0 unspecified atom stereocenters. The fourth-order valence-electron chi connectivity index (χ4n) is 2.56. The lowest BCUT2D eigenvalue weighted by Crippen LogP contribution is -2.23. The van der Waals surface area contributed by atoms with Crippen LogP contribution >= 0.6 is 22.9 Å². The molecule has 0 spiro atoms. The summed E-state index contributed by atoms with van der Waals surface area (Å²) in [4.78, 5) is 17.1. The van der Waals surface area contributed by atoms with Gasteiger partial charge in [-0.05, 0) is 31.1 Å². The van der Waals surface area contributed by atoms with Gasteiger partial charge in [0.25, 0.3) is 0 Å². The van der Waals surface area contributed by atoms with Crippen LogP contribution in [-0.2, 0) is 11.2 Å². The van der Waals surface area contributed by atoms with Crippen molar-refractivity contribution in [2.24, 2.45) is 0 Å². The van der Waals surface area contributed by atoms with Gasteiger partial charge in [-0.1, -0.05) is 29.3 Å². The van der Waals surface area contributed by atoms with Gasteiger partial charge in [-0.25, -0.2) is 4.98 Å². The van der Waals surface area contributed by atoms with Gasteiger partial charge >= 0.3 is 0 Å². The Morgan fingerprint density at radius 2 is 2.32 bits per heavy atom. The molecule has 25 heavy (non-hydrogen) atoms. The van der Waals surface area contributed by atoms with E-state index < -0.39 is 0 Å². The van der Waals surface area contributed by atoms with Gasteiger partial charge in [-0.2, -0.15) is 0 Å². The van der Waals surface area contributed by atoms with E-state index in [1.165, 1.54) is 17.4 Å². The maximum atomic E-state index is 12.0. The number of aromatic nitrogens is 2. The van der Waals surface area contributed by atoms with Crippen molar-refractivity contribution in [3.05, 3.63) is 57.8 Å². The quantitative estimate of drug-likeness (QED) is 0.668. The zero-order valence-corrected chi connectivity index (χ0v) is 15.5. The highest BCUT2D eigenvalue weighted by atomic mass is 35.5. The van der Waals surface area contributed by atoms with Gasteiger partial charge in [0.2, 0.25) is 5.91 Å². The number of amides is 1. The summed E-state index contributed by atoms with van der Waals surface area (Å²) < 4.78 is 7.21. The Bertz CT molecular complexity index is 930. The lowest BCUT2D eigenvalue weighted by atomic mass is 10.1. The zero-order chi connectivity index (χ0) is 17.8. The van der Waals surface area contributed by atoms with Crippen molar-refractivity contribution in [1.82, 2.24) is 14.7 Å². The zero-order valence-electron chi connectivity index (χ0n) is 14.0. The Balaban J connectivity index is 1.59. The number of fused-ring (bicyclic) bond motifs is 1. The number of nitrogens with one attached hydrogen (secondary N) is 1. The number of aryl methyl sites for hydroxylation is 1. The largest absolute Gasteiger partial charge is 0.496 e. The Morgan fingerprint density at radius 1 is 1.48 bits per heavy atom. The van der Waals surface area contributed by atoms with E-state index in [2.05, 4.69) is 16.4 Å². The van der Waals surface area contributed by atoms with Gasteiger partial charge in [-0.3, -0.25) is 9.20 Å². The number of hydrogen-bond donors (Lipinski definition) is 1. The number of ether oxygens (including phenoxy) is 1. The molecule has 3 rings (SSSR count). The number of halogens is 1. The van der Waals surface area contributed by atoms with E-state index in [9.17, 15) is 4.79 Å². The summed E-state index contributed by atoms with van der Waals surface area (Å²) in [5.41, 5.74) is 2.94. The lowest BCUT2D eigenvalue weighted by Gasteiger charge is -2.09. The van der Waals surface area contributed by atoms with Crippen LogP contribution in [0.2, 0.25) is 5.15 Å². The third-order valence-corrected chi connectivity index (χ3v) is 4.81. The van der Waals surface area contributed by atoms with E-state index in [1.54, 1.807) is 13.2 Å². The lowest BCUT2D eigenvalue weighted by molar-refractivity contribution is -0.116. The monoisotopic (exact) mass is 375 g/mol. The summed E-state index contributed by atoms with van der Waals surface area (Å²) in [6.45, 7) is 2.56. The molecule has 0 saturated carbocycles. The first-order chi connectivity index (χ1) is 12.1. The van der Waals surface area contributed by atoms with Gasteiger partial charge < -0.3 is 10.1 Å². The van der Waals surface area contributed by atoms with Gasteiger partial charge in [0, 0.05) is 24.2 Å². The number of benzene rings is 1. The van der Waals surface area contributed by atoms with Crippen LogP contribution in [0.4, 0.5) is 0 Å². The topological polar surface area (TPSA) is 55.6 Å². The molecule has 0 aliphatic rings. The highest BCUT2D eigenvalue weighted by Crippen LogP contribution is 2.22. The van der Waals surface area contributed by atoms with Gasteiger partial charge in [0.05, 0.1) is 12.8 Å². The summed E-state index contributed by atoms with van der Waals surface area (Å²) in [5, 5.41) is 5.19. The molecule has 0 aliphatic carbocycles. The van der Waals surface area contributed by atoms with Crippen molar-refractivity contribution < 1.29 is 9.53 Å². The summed E-state index contributed by atoms with van der Waals surface area (Å²) in [5.74, 6) is 0.661. The molecule has 1 amide bonds. The highest BCUT2D eigenvalue weighted by Gasteiger charge is 2.09. The SMILES string of the molecule is COc1ccc(C)cc1CCNC(=O)/C=C/c1c(Cl)nc2sccn12. The van der Waals surface area contributed by atoms with Crippen molar-refractivity contribution in [3.8, 4) is 5.75 Å². The molecule has 0 atom stereocenters. The number of carbonyl (C=O) groups excluding carboxylic acids is 1. The average molecular weight is 376 g/mol. The van der Waals surface area contributed by atoms with Gasteiger partial charge in [0.15, 0.2) is 10.1 Å². The highest BCUT2D eigenvalue weighted by molar-refractivity contribution is 7.15. The fourth-order valence-corrected chi connectivity index (χ4v) is 3.57. The Morgan fingerprint density at radius 3 is 3.12 bits per heavy atom. The standard InChI is InChI=1S/C18H18ClN3O2S/c1-12-3-5-15(24-2)13(11-12)7-8-20-16(23)6-4-14-17(19)21-18-22(14)9-10-25-18/h3-6,9-11H,7-8H2,1-2H3,(H,20,23)/b6-4+. The molecule has 0 bridgehead atoms. The predicted octanol–water partition coefficient (Wildman–Crippen LogP) is 3.74. The van der Waals surface area contributed by atoms with Crippen molar-refractivity contribution in [3.63, 3.8) is 0 Å². The van der Waals surface area contributed by atoms with Crippen LogP contribution in [0.5, 0.6) is 5.75 Å². The van der Waals surface area contributed by atoms with E-state index >= 15 is 0 Å². The average Bonchev–Trinajstić information content (AvgIpc) is 3.14. The minimum Gasteiger partial charge on any atom is -0.496 e. The van der Waals surface area contributed by atoms with E-state index in [0.29, 0.717) is 23.8 Å². The van der Waals surface area contributed by atoms with E-state index in [1.807, 2.05) is 35.0 Å². The van der Waals surface area contributed by atoms with Crippen molar-refractivity contribution in [1.29, 1.82) is 0 Å². The molecule has 0 fully saturated rings. The third-order valence-electron chi connectivity index (χ3n) is 3.78. The molecular formula is C18H18ClN3O2S. The number of nitrogens with zero attached hydrogens (tertiary/aromatic N) is 2. The Labute approximate surface area is 154 Å². The van der Waals surface area contributed by atoms with Gasteiger partial charge in [-0.15, -0.1) is 11.3 Å². The summed E-state index contributed by atoms with van der Waals surface area (Å²) in [6.07, 6.45) is 5.73. The molecule has 0 aliphatic heterocycles. The predicted molar refractivity (Wildman–Crippen MR) is 102 cm³/mol. The van der Waals surface area contributed by atoms with Crippen LogP contribution in [-0.4, -0.2) is 28.9 Å². The normalized spacial score (nSPS) is 11.3. The third kappa shape index (κ3) is 4.03. The number of rotatable bonds is 6. The number of carbonyl (C=O) groups is 1. The minimum atomic E-state index is -0.173. The first-order valence-electron chi connectivity index (χ1n) is 7.79. The van der Waals surface area contributed by atoms with Crippen molar-refractivity contribution in [2.75, 3.05) is 13.7 Å². The maximum Gasteiger partial charge on any atom is 0.244 e. The number of imidazole rings is 1. The molecule has 130 valence electrons. The molecule has 1 aromatic carbocycles. The molecule has 7 heteroatoms. The minimum absolute atomic E-state index is 0.173. The molecule has 3 aromatic rings. The maximum absolute atomic E-state index is 12.0. The van der Waals surface area contributed by atoms with Crippen LogP contribution in [0.15, 0.2) is 35.9 Å². The molecule has 0 saturated heterocycles. The van der Waals surface area contributed by atoms with E-state index in [0.717, 1.165) is 21.8 Å². The number of thiazole rings is 1. The van der Waals surface area contributed by atoms with Crippen LogP contribution in [0.1, 0.15) is 16.8 Å². The second-order valence-electron chi connectivity index (χ2n) is 5.53. The number of methoxy groups -OCH3 is 1. The molecule has 5 nitrogen and oxygen atoms in total. The second-order valence-corrected chi connectivity index (χ2v) is 6.76. The van der Waals surface area contributed by atoms with Crippen LogP contribution in [0.3, 0.4) is 0 Å². The summed E-state index contributed by atoms with van der Waals surface area (Å²) in [7, 11) is 1.65. The smallest absolute Gasteiger partial charge is 0.244 e. The first-order valence-corrected chi connectivity index (χ1v) is 9.04. The molecule has 2 aromatic heterocycles. The first kappa shape index (κ1) is 17.5. The molecule has 0 radical (unpaired) electrons. The van der Waals surface area contributed by atoms with Crippen LogP contribution < -0.4 is 10.1 Å². The number of hydrogen-bond acceptors (Lipinski definition) is 4. The molecular weight excluding hydrogens is 358 g/mol. The fraction of sp³-hybridized carbons (Fsp3) is 0.222. The van der Waals surface area contributed by atoms with E-state index in [4.69, 9.17) is 16.3 Å². The molecule has 2 heterocycles.